The van der Waals surface area contributed by atoms with Gasteiger partial charge in [0.05, 0.1) is 6.61 Å². The summed E-state index contributed by atoms with van der Waals surface area (Å²) >= 11 is 0. The van der Waals surface area contributed by atoms with Crippen molar-refractivity contribution in [2.45, 2.75) is 193 Å². The lowest BCUT2D eigenvalue weighted by Crippen LogP contribution is -2.28. The van der Waals surface area contributed by atoms with E-state index in [0.29, 0.717) is 12.8 Å². The summed E-state index contributed by atoms with van der Waals surface area (Å²) in [6, 6.07) is 0. The summed E-state index contributed by atoms with van der Waals surface area (Å²) in [5, 5.41) is 9.51. The summed E-state index contributed by atoms with van der Waals surface area (Å²) in [6.07, 6.45) is 35.5. The number of unbranched alkanes of at least 4 members (excludes halogenated alkanes) is 22. The standard InChI is InChI=1S/C36H68O5/c1-3-5-7-9-11-13-15-17-18-19-21-23-25-27-29-31-36(39)41-34(32-37)33-40-35(38)30-28-26-24-22-20-16-14-12-10-8-6-4-2/h12,14,34,37H,3-11,13,15-33H2,1-2H3/b14-12+/t34-/m0/s1. The van der Waals surface area contributed by atoms with Crippen LogP contribution in [0.2, 0.25) is 0 Å². The molecule has 0 saturated carbocycles. The number of carbonyl (C=O) groups excluding carboxylic acids is 2. The highest BCUT2D eigenvalue weighted by molar-refractivity contribution is 5.70. The Hall–Kier alpha value is -1.36. The predicted octanol–water partition coefficient (Wildman–Crippen LogP) is 10.6. The number of hydrogen-bond donors (Lipinski definition) is 1. The molecule has 41 heavy (non-hydrogen) atoms. The normalized spacial score (nSPS) is 12.2. The first-order valence-corrected chi connectivity index (χ1v) is 17.7. The lowest BCUT2D eigenvalue weighted by Gasteiger charge is -2.15. The maximum Gasteiger partial charge on any atom is 0.306 e. The Bertz CT molecular complexity index is 589. The average Bonchev–Trinajstić information content (AvgIpc) is 2.97. The molecule has 1 atom stereocenters. The van der Waals surface area contributed by atoms with Gasteiger partial charge in [-0.25, -0.2) is 0 Å². The topological polar surface area (TPSA) is 72.8 Å². The molecule has 0 bridgehead atoms. The maximum absolute atomic E-state index is 12.1. The van der Waals surface area contributed by atoms with Crippen LogP contribution < -0.4 is 0 Å². The van der Waals surface area contributed by atoms with E-state index >= 15 is 0 Å². The van der Waals surface area contributed by atoms with Gasteiger partial charge in [-0.1, -0.05) is 148 Å². The number of esters is 2. The van der Waals surface area contributed by atoms with Gasteiger partial charge < -0.3 is 14.6 Å². The lowest BCUT2D eigenvalue weighted by atomic mass is 10.0. The van der Waals surface area contributed by atoms with Crippen LogP contribution in [0.25, 0.3) is 0 Å². The molecule has 5 heteroatoms. The molecule has 0 spiro atoms. The Balaban J connectivity index is 3.55. The molecular weight excluding hydrogens is 512 g/mol. The molecule has 0 aromatic carbocycles. The fraction of sp³-hybridized carbons (Fsp3) is 0.889. The fourth-order valence-corrected chi connectivity index (χ4v) is 5.08. The molecule has 0 aliphatic rings. The van der Waals surface area contributed by atoms with Gasteiger partial charge >= 0.3 is 11.9 Å². The van der Waals surface area contributed by atoms with Crippen molar-refractivity contribution in [3.63, 3.8) is 0 Å². The molecule has 0 fully saturated rings. The molecule has 242 valence electrons. The minimum atomic E-state index is -0.766. The zero-order valence-electron chi connectivity index (χ0n) is 27.3. The van der Waals surface area contributed by atoms with Crippen molar-refractivity contribution in [3.8, 4) is 0 Å². The highest BCUT2D eigenvalue weighted by Gasteiger charge is 2.16. The number of aliphatic hydroxyl groups is 1. The number of allylic oxidation sites excluding steroid dienone is 2. The van der Waals surface area contributed by atoms with Crippen molar-refractivity contribution in [1.82, 2.24) is 0 Å². The Morgan fingerprint density at radius 1 is 0.537 bits per heavy atom. The van der Waals surface area contributed by atoms with Gasteiger partial charge in [0.25, 0.3) is 0 Å². The van der Waals surface area contributed by atoms with E-state index in [-0.39, 0.29) is 25.2 Å². The zero-order valence-corrected chi connectivity index (χ0v) is 27.3. The van der Waals surface area contributed by atoms with Crippen LogP contribution in [-0.2, 0) is 19.1 Å². The first-order chi connectivity index (χ1) is 20.1. The predicted molar refractivity (Wildman–Crippen MR) is 173 cm³/mol. The van der Waals surface area contributed by atoms with Crippen molar-refractivity contribution in [2.75, 3.05) is 13.2 Å². The summed E-state index contributed by atoms with van der Waals surface area (Å²) in [7, 11) is 0. The highest BCUT2D eigenvalue weighted by Crippen LogP contribution is 2.14. The van der Waals surface area contributed by atoms with E-state index in [0.717, 1.165) is 44.9 Å². The Morgan fingerprint density at radius 3 is 1.37 bits per heavy atom. The second-order valence-corrected chi connectivity index (χ2v) is 12.0. The Labute approximate surface area is 254 Å². The summed E-state index contributed by atoms with van der Waals surface area (Å²) in [5.41, 5.74) is 0. The van der Waals surface area contributed by atoms with Gasteiger partial charge in [0, 0.05) is 12.8 Å². The number of carbonyl (C=O) groups is 2. The van der Waals surface area contributed by atoms with Crippen LogP contribution in [0.1, 0.15) is 187 Å². The van der Waals surface area contributed by atoms with E-state index in [1.807, 2.05) is 0 Å². The van der Waals surface area contributed by atoms with Crippen molar-refractivity contribution in [3.05, 3.63) is 12.2 Å². The molecule has 0 saturated heterocycles. The van der Waals surface area contributed by atoms with Gasteiger partial charge in [-0.05, 0) is 38.5 Å². The number of rotatable bonds is 32. The highest BCUT2D eigenvalue weighted by atomic mass is 16.6. The van der Waals surface area contributed by atoms with Gasteiger partial charge in [-0.2, -0.15) is 0 Å². The van der Waals surface area contributed by atoms with Gasteiger partial charge in [-0.3, -0.25) is 9.59 Å². The molecule has 0 unspecified atom stereocenters. The molecule has 5 nitrogen and oxygen atoms in total. The van der Waals surface area contributed by atoms with E-state index < -0.39 is 6.10 Å². The lowest BCUT2D eigenvalue weighted by molar-refractivity contribution is -0.161. The molecule has 1 N–H and O–H groups in total. The van der Waals surface area contributed by atoms with Gasteiger partial charge in [0.2, 0.25) is 0 Å². The van der Waals surface area contributed by atoms with Crippen LogP contribution in [0, 0.1) is 0 Å². The second kappa shape index (κ2) is 33.1. The number of hydrogen-bond acceptors (Lipinski definition) is 5. The van der Waals surface area contributed by atoms with Gasteiger partial charge in [0.15, 0.2) is 6.10 Å². The first-order valence-electron chi connectivity index (χ1n) is 17.7. The van der Waals surface area contributed by atoms with E-state index in [1.165, 1.54) is 116 Å². The molecule has 0 aromatic rings. The Morgan fingerprint density at radius 2 is 0.902 bits per heavy atom. The summed E-state index contributed by atoms with van der Waals surface area (Å²) in [5.74, 6) is -0.595. The van der Waals surface area contributed by atoms with Crippen molar-refractivity contribution < 1.29 is 24.2 Å². The molecule has 0 radical (unpaired) electrons. The third-order valence-corrected chi connectivity index (χ3v) is 7.81. The molecule has 0 heterocycles. The number of ether oxygens (including phenoxy) is 2. The van der Waals surface area contributed by atoms with Crippen molar-refractivity contribution in [1.29, 1.82) is 0 Å². The average molecular weight is 581 g/mol. The van der Waals surface area contributed by atoms with E-state index in [9.17, 15) is 14.7 Å². The first kappa shape index (κ1) is 39.6. The van der Waals surface area contributed by atoms with E-state index in [2.05, 4.69) is 26.0 Å². The quantitative estimate of drug-likeness (QED) is 0.0487. The van der Waals surface area contributed by atoms with Crippen LogP contribution >= 0.6 is 0 Å². The largest absolute Gasteiger partial charge is 0.462 e. The minimum Gasteiger partial charge on any atom is -0.462 e. The third-order valence-electron chi connectivity index (χ3n) is 7.81. The van der Waals surface area contributed by atoms with Crippen LogP contribution in [0.5, 0.6) is 0 Å². The summed E-state index contributed by atoms with van der Waals surface area (Å²) in [6.45, 7) is 4.11. The molecule has 0 amide bonds. The molecule has 0 aliphatic carbocycles. The zero-order chi connectivity index (χ0) is 30.1. The molecular formula is C36H68O5. The van der Waals surface area contributed by atoms with Crippen LogP contribution in [0.3, 0.4) is 0 Å². The monoisotopic (exact) mass is 581 g/mol. The smallest absolute Gasteiger partial charge is 0.306 e. The Kier molecular flexibility index (Phi) is 32.0. The summed E-state index contributed by atoms with van der Waals surface area (Å²) in [4.78, 5) is 24.1. The van der Waals surface area contributed by atoms with E-state index in [4.69, 9.17) is 9.47 Å². The van der Waals surface area contributed by atoms with Crippen molar-refractivity contribution in [2.24, 2.45) is 0 Å². The second-order valence-electron chi connectivity index (χ2n) is 12.0. The molecule has 0 rings (SSSR count). The van der Waals surface area contributed by atoms with Crippen LogP contribution in [0.4, 0.5) is 0 Å². The van der Waals surface area contributed by atoms with Gasteiger partial charge in [-0.15, -0.1) is 0 Å². The molecule has 0 aromatic heterocycles. The third kappa shape index (κ3) is 31.4. The fourth-order valence-electron chi connectivity index (χ4n) is 5.08. The van der Waals surface area contributed by atoms with Crippen LogP contribution in [0.15, 0.2) is 12.2 Å². The summed E-state index contributed by atoms with van der Waals surface area (Å²) < 4.78 is 10.6. The number of aliphatic hydroxyl groups excluding tert-OH is 1. The van der Waals surface area contributed by atoms with Gasteiger partial charge in [0.1, 0.15) is 6.61 Å². The van der Waals surface area contributed by atoms with E-state index in [1.54, 1.807) is 0 Å². The minimum absolute atomic E-state index is 0.0650. The molecule has 0 aliphatic heterocycles. The van der Waals surface area contributed by atoms with Crippen LogP contribution in [-0.4, -0.2) is 36.4 Å². The van der Waals surface area contributed by atoms with Crippen molar-refractivity contribution >= 4 is 11.9 Å². The maximum atomic E-state index is 12.1. The SMILES string of the molecule is CCCCC/C=C/CCCCCCCC(=O)OC[C@H](CO)OC(=O)CCCCCCCCCCCCCCCCC.